The van der Waals surface area contributed by atoms with Crippen molar-refractivity contribution in [2.45, 2.75) is 19.5 Å². The highest BCUT2D eigenvalue weighted by molar-refractivity contribution is 5.99. The van der Waals surface area contributed by atoms with Crippen LogP contribution in [0.3, 0.4) is 0 Å². The zero-order valence-electron chi connectivity index (χ0n) is 7.77. The van der Waals surface area contributed by atoms with E-state index >= 15 is 0 Å². The summed E-state index contributed by atoms with van der Waals surface area (Å²) in [5.74, 6) is -0.185. The molecule has 4 heteroatoms. The smallest absolute Gasteiger partial charge is 0.227 e. The predicted octanol–water partition coefficient (Wildman–Crippen LogP) is 1.17. The number of rotatable bonds is 2. The minimum Gasteiger partial charge on any atom is -0.399 e. The molecule has 74 valence electrons. The topological polar surface area (TPSA) is 61.5 Å². The van der Waals surface area contributed by atoms with Crippen LogP contribution in [0, 0.1) is 0 Å². The first-order valence-corrected chi connectivity index (χ1v) is 4.37. The van der Waals surface area contributed by atoms with E-state index < -0.39 is 6.29 Å². The average molecular weight is 193 g/mol. The van der Waals surface area contributed by atoms with Gasteiger partial charge in [0.2, 0.25) is 12.1 Å². The van der Waals surface area contributed by atoms with Crippen LogP contribution in [0.5, 0.6) is 0 Å². The average Bonchev–Trinajstić information content (AvgIpc) is 2.12. The van der Waals surface area contributed by atoms with Crippen molar-refractivity contribution in [1.82, 2.24) is 0 Å². The van der Waals surface area contributed by atoms with Crippen molar-refractivity contribution >= 4 is 11.5 Å². The number of hydrogen-bond acceptors (Lipinski definition) is 4. The molecule has 1 aromatic rings. The lowest BCUT2D eigenvalue weighted by Gasteiger charge is -2.32. The predicted molar refractivity (Wildman–Crippen MR) is 50.6 cm³/mol. The second-order valence-corrected chi connectivity index (χ2v) is 3.16. The van der Waals surface area contributed by atoms with Gasteiger partial charge in [-0.25, -0.2) is 0 Å². The molecule has 0 amide bonds. The zero-order valence-corrected chi connectivity index (χ0v) is 7.77. The van der Waals surface area contributed by atoms with Crippen LogP contribution >= 0.6 is 0 Å². The highest BCUT2D eigenvalue weighted by Crippen LogP contribution is 2.20. The summed E-state index contributed by atoms with van der Waals surface area (Å²) in [7, 11) is 0. The van der Waals surface area contributed by atoms with Crippen molar-refractivity contribution in [3.8, 4) is 0 Å². The monoisotopic (exact) mass is 193 g/mol. The third kappa shape index (κ3) is 1.62. The molecule has 0 bridgehead atoms. The highest BCUT2D eigenvalue weighted by Gasteiger charge is 2.34. The van der Waals surface area contributed by atoms with Crippen LogP contribution in [0.15, 0.2) is 24.3 Å². The van der Waals surface area contributed by atoms with Gasteiger partial charge >= 0.3 is 0 Å². The summed E-state index contributed by atoms with van der Waals surface area (Å²) in [6.45, 7) is 1.74. The summed E-state index contributed by atoms with van der Waals surface area (Å²) in [5.41, 5.74) is 6.62. The van der Waals surface area contributed by atoms with E-state index in [1.54, 1.807) is 31.2 Å². The fourth-order valence-electron chi connectivity index (χ4n) is 1.31. The molecule has 0 atom stereocenters. The fraction of sp³-hybridized carbons (Fsp3) is 0.300. The second kappa shape index (κ2) is 3.40. The largest absolute Gasteiger partial charge is 0.399 e. The lowest BCUT2D eigenvalue weighted by Crippen LogP contribution is -2.44. The van der Waals surface area contributed by atoms with Crippen LogP contribution in [0.4, 0.5) is 5.69 Å². The van der Waals surface area contributed by atoms with E-state index in [1.165, 1.54) is 0 Å². The zero-order chi connectivity index (χ0) is 10.1. The molecule has 2 N–H and O–H groups in total. The van der Waals surface area contributed by atoms with Gasteiger partial charge in [-0.3, -0.25) is 4.79 Å². The normalized spacial score (nSPS) is 25.5. The van der Waals surface area contributed by atoms with Crippen LogP contribution in [0.2, 0.25) is 0 Å². The summed E-state index contributed by atoms with van der Waals surface area (Å²) in [4.78, 5) is 11.6. The third-order valence-electron chi connectivity index (χ3n) is 2.02. The molecule has 0 saturated carbocycles. The van der Waals surface area contributed by atoms with Gasteiger partial charge in [0, 0.05) is 11.3 Å². The van der Waals surface area contributed by atoms with Crippen LogP contribution in [-0.2, 0) is 9.47 Å². The Labute approximate surface area is 81.6 Å². The number of ether oxygens (including phenoxy) is 2. The van der Waals surface area contributed by atoms with E-state index in [9.17, 15) is 4.79 Å². The van der Waals surface area contributed by atoms with Gasteiger partial charge in [-0.2, -0.15) is 0 Å². The van der Waals surface area contributed by atoms with Gasteiger partial charge in [0.1, 0.15) is 0 Å². The van der Waals surface area contributed by atoms with Gasteiger partial charge in [0.25, 0.3) is 0 Å². The van der Waals surface area contributed by atoms with Crippen LogP contribution in [-0.4, -0.2) is 18.4 Å². The molecule has 0 spiro atoms. The van der Waals surface area contributed by atoms with E-state index in [1.807, 2.05) is 0 Å². The van der Waals surface area contributed by atoms with E-state index in [0.29, 0.717) is 11.3 Å². The highest BCUT2D eigenvalue weighted by atomic mass is 16.9. The molecule has 1 aromatic carbocycles. The van der Waals surface area contributed by atoms with E-state index in [0.717, 1.165) is 0 Å². The standard InChI is InChI=1S/C10H11NO3/c1-6-13-10(14-6)9(12)7-3-2-4-8(11)5-7/h2-6,10H,11H2,1H3. The molecule has 4 nitrogen and oxygen atoms in total. The van der Waals surface area contributed by atoms with Crippen molar-refractivity contribution in [3.05, 3.63) is 29.8 Å². The van der Waals surface area contributed by atoms with Crippen LogP contribution in [0.1, 0.15) is 17.3 Å². The lowest BCUT2D eigenvalue weighted by atomic mass is 10.1. The minimum absolute atomic E-state index is 0.185. The molecule has 1 heterocycles. The van der Waals surface area contributed by atoms with Crippen LogP contribution < -0.4 is 5.73 Å². The maximum absolute atomic E-state index is 11.6. The number of nitrogen functional groups attached to an aromatic ring is 1. The number of carbonyl (C=O) groups excluding carboxylic acids is 1. The van der Waals surface area contributed by atoms with Gasteiger partial charge in [-0.1, -0.05) is 12.1 Å². The van der Waals surface area contributed by atoms with E-state index in [2.05, 4.69) is 0 Å². The first-order chi connectivity index (χ1) is 6.66. The maximum Gasteiger partial charge on any atom is 0.227 e. The van der Waals surface area contributed by atoms with Crippen molar-refractivity contribution in [2.75, 3.05) is 5.73 Å². The molecule has 0 aliphatic carbocycles. The Kier molecular flexibility index (Phi) is 2.23. The minimum atomic E-state index is -0.758. The number of Topliss-reactive ketones (excluding diaryl/α,β-unsaturated/α-hetero) is 1. The molecule has 0 aromatic heterocycles. The van der Waals surface area contributed by atoms with E-state index in [4.69, 9.17) is 15.2 Å². The Morgan fingerprint density at radius 1 is 1.43 bits per heavy atom. The Hall–Kier alpha value is -1.39. The van der Waals surface area contributed by atoms with E-state index in [-0.39, 0.29) is 12.1 Å². The number of carbonyl (C=O) groups is 1. The Morgan fingerprint density at radius 2 is 2.14 bits per heavy atom. The number of hydrogen-bond donors (Lipinski definition) is 1. The number of benzene rings is 1. The summed E-state index contributed by atoms with van der Waals surface area (Å²) < 4.78 is 10.2. The Balaban J connectivity index is 2.12. The number of ketones is 1. The molecule has 14 heavy (non-hydrogen) atoms. The summed E-state index contributed by atoms with van der Waals surface area (Å²) >= 11 is 0. The second-order valence-electron chi connectivity index (χ2n) is 3.16. The molecule has 1 fully saturated rings. The maximum atomic E-state index is 11.6. The first kappa shape index (κ1) is 9.18. The van der Waals surface area contributed by atoms with Crippen molar-refractivity contribution < 1.29 is 14.3 Å². The van der Waals surface area contributed by atoms with Crippen LogP contribution in [0.25, 0.3) is 0 Å². The Morgan fingerprint density at radius 3 is 2.71 bits per heavy atom. The Bertz CT molecular complexity index is 358. The van der Waals surface area contributed by atoms with Gasteiger partial charge in [0.15, 0.2) is 6.29 Å². The quantitative estimate of drug-likeness (QED) is 0.565. The number of nitrogens with two attached hydrogens (primary N) is 1. The molecular weight excluding hydrogens is 182 g/mol. The van der Waals surface area contributed by atoms with Crippen molar-refractivity contribution in [1.29, 1.82) is 0 Å². The van der Waals surface area contributed by atoms with Gasteiger partial charge in [-0.05, 0) is 19.1 Å². The molecule has 0 radical (unpaired) electrons. The SMILES string of the molecule is CC1OC(C(=O)c2cccc(N)c2)O1. The van der Waals surface area contributed by atoms with Crippen molar-refractivity contribution in [3.63, 3.8) is 0 Å². The molecule has 1 aliphatic rings. The van der Waals surface area contributed by atoms with Gasteiger partial charge in [-0.15, -0.1) is 0 Å². The third-order valence-corrected chi connectivity index (χ3v) is 2.02. The summed E-state index contributed by atoms with van der Waals surface area (Å²) in [5, 5.41) is 0. The molecular formula is C10H11NO3. The van der Waals surface area contributed by atoms with Gasteiger partial charge < -0.3 is 15.2 Å². The summed E-state index contributed by atoms with van der Waals surface area (Å²) in [6, 6.07) is 6.75. The fourth-order valence-corrected chi connectivity index (χ4v) is 1.31. The van der Waals surface area contributed by atoms with Gasteiger partial charge in [0.05, 0.1) is 0 Å². The molecule has 1 saturated heterocycles. The lowest BCUT2D eigenvalue weighted by molar-refractivity contribution is -0.349. The molecule has 0 unspecified atom stereocenters. The molecule has 2 rings (SSSR count). The van der Waals surface area contributed by atoms with Crippen molar-refractivity contribution in [2.24, 2.45) is 0 Å². The first-order valence-electron chi connectivity index (χ1n) is 4.37. The summed E-state index contributed by atoms with van der Waals surface area (Å²) in [6.07, 6.45) is -1.04. The number of anilines is 1. The molecule has 1 aliphatic heterocycles.